The van der Waals surface area contributed by atoms with Crippen molar-refractivity contribution in [2.75, 3.05) is 7.05 Å². The maximum atomic E-state index is 11.7. The van der Waals surface area contributed by atoms with Crippen molar-refractivity contribution < 1.29 is 4.79 Å². The third kappa shape index (κ3) is 1.72. The van der Waals surface area contributed by atoms with Gasteiger partial charge in [0.15, 0.2) is 0 Å². The monoisotopic (exact) mass is 243 g/mol. The van der Waals surface area contributed by atoms with Crippen LogP contribution in [0.5, 0.6) is 0 Å². The second-order valence-electron chi connectivity index (χ2n) is 3.71. The zero-order valence-electron chi connectivity index (χ0n) is 8.39. The Balaban J connectivity index is 2.53. The van der Waals surface area contributed by atoms with Gasteiger partial charge < -0.3 is 4.90 Å². The van der Waals surface area contributed by atoms with Crippen molar-refractivity contribution in [2.45, 2.75) is 18.3 Å². The van der Waals surface area contributed by atoms with Gasteiger partial charge in [0.2, 0.25) is 0 Å². The van der Waals surface area contributed by atoms with Crippen molar-refractivity contribution in [1.29, 1.82) is 0 Å². The SMILES string of the molecule is CN1Cc2cc(CCl)c(CCl)cc2C1=O. The molecular weight excluding hydrogens is 233 g/mol. The second kappa shape index (κ2) is 4.03. The van der Waals surface area contributed by atoms with E-state index >= 15 is 0 Å². The fourth-order valence-electron chi connectivity index (χ4n) is 1.85. The minimum Gasteiger partial charge on any atom is -0.337 e. The van der Waals surface area contributed by atoms with Crippen molar-refractivity contribution >= 4 is 29.1 Å². The Bertz CT molecular complexity index is 417. The number of rotatable bonds is 2. The molecule has 1 aromatic carbocycles. The predicted molar refractivity (Wildman–Crippen MR) is 61.4 cm³/mol. The molecule has 0 fully saturated rings. The molecule has 2 rings (SSSR count). The van der Waals surface area contributed by atoms with Gasteiger partial charge in [-0.1, -0.05) is 6.07 Å². The Morgan fingerprint density at radius 2 is 1.87 bits per heavy atom. The number of fused-ring (bicyclic) bond motifs is 1. The lowest BCUT2D eigenvalue weighted by molar-refractivity contribution is 0.0816. The van der Waals surface area contributed by atoms with Gasteiger partial charge in [-0.15, -0.1) is 23.2 Å². The van der Waals surface area contributed by atoms with Crippen LogP contribution in [0, 0.1) is 0 Å². The molecule has 0 unspecified atom stereocenters. The first-order chi connectivity index (χ1) is 7.17. The third-order valence-corrected chi connectivity index (χ3v) is 3.27. The fraction of sp³-hybridized carbons (Fsp3) is 0.364. The maximum Gasteiger partial charge on any atom is 0.254 e. The number of alkyl halides is 2. The molecule has 0 saturated carbocycles. The molecular formula is C11H11Cl2NO. The summed E-state index contributed by atoms with van der Waals surface area (Å²) in [5.74, 6) is 0.900. The van der Waals surface area contributed by atoms with E-state index in [9.17, 15) is 4.79 Å². The standard InChI is InChI=1S/C11H11Cl2NO/c1-14-6-9-2-7(4-12)8(5-13)3-10(9)11(14)15/h2-3H,4-6H2,1H3. The van der Waals surface area contributed by atoms with Crippen LogP contribution >= 0.6 is 23.2 Å². The Kier molecular flexibility index (Phi) is 2.89. The van der Waals surface area contributed by atoms with Crippen LogP contribution in [0.4, 0.5) is 0 Å². The number of halogens is 2. The van der Waals surface area contributed by atoms with Gasteiger partial charge in [-0.2, -0.15) is 0 Å². The lowest BCUT2D eigenvalue weighted by atomic mass is 10.0. The highest BCUT2D eigenvalue weighted by atomic mass is 35.5. The van der Waals surface area contributed by atoms with Crippen LogP contribution in [-0.2, 0) is 18.3 Å². The van der Waals surface area contributed by atoms with E-state index in [1.807, 2.05) is 12.1 Å². The first kappa shape index (κ1) is 10.8. The molecule has 1 aliphatic rings. The van der Waals surface area contributed by atoms with Crippen molar-refractivity contribution in [1.82, 2.24) is 4.90 Å². The molecule has 2 nitrogen and oxygen atoms in total. The lowest BCUT2D eigenvalue weighted by Crippen LogP contribution is -2.17. The fourth-order valence-corrected chi connectivity index (χ4v) is 2.35. The van der Waals surface area contributed by atoms with Gasteiger partial charge in [0.25, 0.3) is 5.91 Å². The van der Waals surface area contributed by atoms with E-state index in [4.69, 9.17) is 23.2 Å². The summed E-state index contributed by atoms with van der Waals surface area (Å²) in [6.45, 7) is 0.667. The summed E-state index contributed by atoms with van der Waals surface area (Å²) in [6, 6.07) is 3.85. The smallest absolute Gasteiger partial charge is 0.254 e. The van der Waals surface area contributed by atoms with Crippen molar-refractivity contribution in [2.24, 2.45) is 0 Å². The van der Waals surface area contributed by atoms with Gasteiger partial charge in [0, 0.05) is 30.9 Å². The van der Waals surface area contributed by atoms with Crippen molar-refractivity contribution in [3.8, 4) is 0 Å². The summed E-state index contributed by atoms with van der Waals surface area (Å²) in [4.78, 5) is 13.4. The molecule has 0 N–H and O–H groups in total. The Labute approximate surface area is 98.8 Å². The van der Waals surface area contributed by atoms with Crippen LogP contribution < -0.4 is 0 Å². The first-order valence-corrected chi connectivity index (χ1v) is 5.76. The number of hydrogen-bond acceptors (Lipinski definition) is 1. The van der Waals surface area contributed by atoms with E-state index in [0.717, 1.165) is 22.3 Å². The van der Waals surface area contributed by atoms with E-state index in [1.54, 1.807) is 11.9 Å². The van der Waals surface area contributed by atoms with E-state index in [1.165, 1.54) is 0 Å². The zero-order chi connectivity index (χ0) is 11.0. The van der Waals surface area contributed by atoms with Gasteiger partial charge in [0.1, 0.15) is 0 Å². The van der Waals surface area contributed by atoms with E-state index in [2.05, 4.69) is 0 Å². The normalized spacial score (nSPS) is 14.6. The molecule has 0 aliphatic carbocycles. The minimum absolute atomic E-state index is 0.0671. The molecule has 15 heavy (non-hydrogen) atoms. The summed E-state index contributed by atoms with van der Waals surface area (Å²) in [5, 5.41) is 0. The molecule has 0 saturated heterocycles. The quantitative estimate of drug-likeness (QED) is 0.732. The number of carbonyl (C=O) groups is 1. The molecule has 0 aromatic heterocycles. The Morgan fingerprint density at radius 1 is 1.27 bits per heavy atom. The number of amides is 1. The predicted octanol–water partition coefficient (Wildman–Crippen LogP) is 2.75. The summed E-state index contributed by atoms with van der Waals surface area (Å²) >= 11 is 11.6. The number of carbonyl (C=O) groups excluding carboxylic acids is 1. The van der Waals surface area contributed by atoms with Crippen LogP contribution in [0.3, 0.4) is 0 Å². The highest BCUT2D eigenvalue weighted by Crippen LogP contribution is 2.27. The molecule has 0 atom stereocenters. The highest BCUT2D eigenvalue weighted by Gasteiger charge is 2.25. The van der Waals surface area contributed by atoms with Gasteiger partial charge in [-0.25, -0.2) is 0 Å². The van der Waals surface area contributed by atoms with Crippen LogP contribution in [0.2, 0.25) is 0 Å². The average molecular weight is 244 g/mol. The zero-order valence-corrected chi connectivity index (χ0v) is 9.90. The molecule has 0 radical (unpaired) electrons. The van der Waals surface area contributed by atoms with Crippen LogP contribution in [0.15, 0.2) is 12.1 Å². The lowest BCUT2D eigenvalue weighted by Gasteiger charge is -2.06. The summed E-state index contributed by atoms with van der Waals surface area (Å²) in [7, 11) is 1.79. The molecule has 1 aromatic rings. The van der Waals surface area contributed by atoms with Crippen LogP contribution in [-0.4, -0.2) is 17.9 Å². The average Bonchev–Trinajstić information content (AvgIpc) is 2.53. The number of hydrogen-bond donors (Lipinski definition) is 0. The largest absolute Gasteiger partial charge is 0.337 e. The van der Waals surface area contributed by atoms with Crippen molar-refractivity contribution in [3.05, 3.63) is 34.4 Å². The summed E-state index contributed by atoms with van der Waals surface area (Å²) < 4.78 is 0. The van der Waals surface area contributed by atoms with E-state index < -0.39 is 0 Å². The Hall–Kier alpha value is -0.730. The van der Waals surface area contributed by atoms with Gasteiger partial charge in [-0.3, -0.25) is 4.79 Å². The topological polar surface area (TPSA) is 20.3 Å². The van der Waals surface area contributed by atoms with Crippen molar-refractivity contribution in [3.63, 3.8) is 0 Å². The first-order valence-electron chi connectivity index (χ1n) is 4.69. The van der Waals surface area contributed by atoms with E-state index in [0.29, 0.717) is 18.3 Å². The van der Waals surface area contributed by atoms with Gasteiger partial charge >= 0.3 is 0 Å². The molecule has 80 valence electrons. The highest BCUT2D eigenvalue weighted by molar-refractivity contribution is 6.19. The van der Waals surface area contributed by atoms with E-state index in [-0.39, 0.29) is 5.91 Å². The number of benzene rings is 1. The molecule has 4 heteroatoms. The minimum atomic E-state index is 0.0671. The molecule has 1 amide bonds. The summed E-state index contributed by atoms with van der Waals surface area (Å²) in [6.07, 6.45) is 0. The molecule has 0 spiro atoms. The van der Waals surface area contributed by atoms with Gasteiger partial charge in [0.05, 0.1) is 0 Å². The molecule has 1 heterocycles. The third-order valence-electron chi connectivity index (χ3n) is 2.70. The number of nitrogens with zero attached hydrogens (tertiary/aromatic N) is 1. The Morgan fingerprint density at radius 3 is 2.47 bits per heavy atom. The summed E-state index contributed by atoms with van der Waals surface area (Å²) in [5.41, 5.74) is 3.79. The molecule has 0 bridgehead atoms. The van der Waals surface area contributed by atoms with Gasteiger partial charge in [-0.05, 0) is 22.8 Å². The molecule has 1 aliphatic heterocycles. The van der Waals surface area contributed by atoms with Crippen LogP contribution in [0.1, 0.15) is 27.0 Å². The van der Waals surface area contributed by atoms with Crippen LogP contribution in [0.25, 0.3) is 0 Å². The maximum absolute atomic E-state index is 11.7. The second-order valence-corrected chi connectivity index (χ2v) is 4.24.